The van der Waals surface area contributed by atoms with Crippen molar-refractivity contribution in [3.63, 3.8) is 0 Å². The van der Waals surface area contributed by atoms with E-state index in [0.29, 0.717) is 0 Å². The molecule has 1 aromatic heterocycles. The van der Waals surface area contributed by atoms with E-state index in [2.05, 4.69) is 24.9 Å². The van der Waals surface area contributed by atoms with E-state index >= 15 is 0 Å². The Hall–Kier alpha value is -1.05. The molecule has 60 valence electrons. The molecule has 0 aliphatic rings. The van der Waals surface area contributed by atoms with Crippen LogP contribution in [0.4, 0.5) is 0 Å². The van der Waals surface area contributed by atoms with Gasteiger partial charge in [0.15, 0.2) is 0 Å². The van der Waals surface area contributed by atoms with Gasteiger partial charge in [0.05, 0.1) is 0 Å². The predicted octanol–water partition coefficient (Wildman–Crippen LogP) is 1.93. The van der Waals surface area contributed by atoms with Crippen LogP contribution < -0.4 is 0 Å². The van der Waals surface area contributed by atoms with E-state index in [-0.39, 0.29) is 0 Å². The Bertz CT molecular complexity index is 254. The number of allylic oxidation sites excluding steroid dienone is 2. The first-order valence-corrected chi connectivity index (χ1v) is 3.79. The fraction of sp³-hybridized carbons (Fsp3) is 0.444. The molecule has 0 atom stereocenters. The van der Waals surface area contributed by atoms with Gasteiger partial charge in [-0.2, -0.15) is 0 Å². The second kappa shape index (κ2) is 3.37. The maximum absolute atomic E-state index is 4.21. The van der Waals surface area contributed by atoms with E-state index in [1.165, 1.54) is 5.57 Å². The maximum Gasteiger partial charge on any atom is 0.112 e. The first kappa shape index (κ1) is 8.05. The number of aromatic nitrogens is 2. The van der Waals surface area contributed by atoms with Gasteiger partial charge in [0.25, 0.3) is 0 Å². The van der Waals surface area contributed by atoms with Crippen LogP contribution in [0.5, 0.6) is 0 Å². The Morgan fingerprint density at radius 3 is 2.82 bits per heavy atom. The van der Waals surface area contributed by atoms with Crippen molar-refractivity contribution in [3.8, 4) is 0 Å². The van der Waals surface area contributed by atoms with Crippen molar-refractivity contribution >= 4 is 0 Å². The molecule has 11 heavy (non-hydrogen) atoms. The summed E-state index contributed by atoms with van der Waals surface area (Å²) >= 11 is 0. The minimum Gasteiger partial charge on any atom is -0.338 e. The molecule has 0 unspecified atom stereocenters. The molecule has 2 heteroatoms. The van der Waals surface area contributed by atoms with Crippen LogP contribution in [-0.4, -0.2) is 9.55 Å². The lowest BCUT2D eigenvalue weighted by molar-refractivity contribution is 0.828. The molecule has 0 saturated heterocycles. The van der Waals surface area contributed by atoms with Crippen molar-refractivity contribution in [2.24, 2.45) is 7.05 Å². The van der Waals surface area contributed by atoms with Crippen LogP contribution in [0.3, 0.4) is 0 Å². The largest absolute Gasteiger partial charge is 0.338 e. The molecule has 1 rings (SSSR count). The third-order valence-electron chi connectivity index (χ3n) is 1.61. The Balaban J connectivity index is 2.65. The number of hydrogen-bond donors (Lipinski definition) is 0. The molecule has 1 heterocycles. The van der Waals surface area contributed by atoms with Crippen molar-refractivity contribution in [2.75, 3.05) is 0 Å². The first-order chi connectivity index (χ1) is 5.20. The number of aryl methyl sites for hydroxylation is 1. The molecule has 0 aliphatic heterocycles. The molecule has 0 aromatic carbocycles. The number of rotatable bonds is 2. The molecule has 0 N–H and O–H groups in total. The van der Waals surface area contributed by atoms with Crippen LogP contribution in [0.25, 0.3) is 0 Å². The second-order valence-corrected chi connectivity index (χ2v) is 2.94. The zero-order valence-corrected chi connectivity index (χ0v) is 7.33. The molecule has 0 aliphatic carbocycles. The summed E-state index contributed by atoms with van der Waals surface area (Å²) in [4.78, 5) is 4.21. The molecule has 0 bridgehead atoms. The molecule has 0 spiro atoms. The van der Waals surface area contributed by atoms with Gasteiger partial charge in [0.2, 0.25) is 0 Å². The summed E-state index contributed by atoms with van der Waals surface area (Å²) in [7, 11) is 2.02. The molecule has 1 aromatic rings. The van der Waals surface area contributed by atoms with Gasteiger partial charge < -0.3 is 4.57 Å². The number of hydrogen-bond acceptors (Lipinski definition) is 1. The third-order valence-corrected chi connectivity index (χ3v) is 1.61. The van der Waals surface area contributed by atoms with Crippen LogP contribution in [0.1, 0.15) is 19.7 Å². The van der Waals surface area contributed by atoms with E-state index in [9.17, 15) is 0 Å². The van der Waals surface area contributed by atoms with Gasteiger partial charge in [-0.05, 0) is 13.8 Å². The highest BCUT2D eigenvalue weighted by molar-refractivity contribution is 5.02. The number of nitrogens with zero attached hydrogens (tertiary/aromatic N) is 2. The lowest BCUT2D eigenvalue weighted by atomic mass is 10.2. The highest BCUT2D eigenvalue weighted by Crippen LogP contribution is 1.98. The van der Waals surface area contributed by atoms with E-state index in [1.807, 2.05) is 24.0 Å². The lowest BCUT2D eigenvalue weighted by Crippen LogP contribution is -1.94. The summed E-state index contributed by atoms with van der Waals surface area (Å²) in [6, 6.07) is 0. The van der Waals surface area contributed by atoms with Crippen molar-refractivity contribution in [2.45, 2.75) is 20.3 Å². The zero-order valence-electron chi connectivity index (χ0n) is 7.33. The highest BCUT2D eigenvalue weighted by Gasteiger charge is 1.94. The van der Waals surface area contributed by atoms with Crippen molar-refractivity contribution < 1.29 is 0 Å². The highest BCUT2D eigenvalue weighted by atomic mass is 15.0. The van der Waals surface area contributed by atoms with Gasteiger partial charge in [-0.1, -0.05) is 11.6 Å². The van der Waals surface area contributed by atoms with Crippen molar-refractivity contribution in [1.29, 1.82) is 0 Å². The van der Waals surface area contributed by atoms with Crippen LogP contribution in [0.2, 0.25) is 0 Å². The minimum atomic E-state index is 0.936. The fourth-order valence-corrected chi connectivity index (χ4v) is 0.889. The Labute approximate surface area is 67.6 Å². The summed E-state index contributed by atoms with van der Waals surface area (Å²) in [5, 5.41) is 0. The average Bonchev–Trinajstić information content (AvgIpc) is 2.31. The van der Waals surface area contributed by atoms with Gasteiger partial charge in [-0.25, -0.2) is 4.98 Å². The zero-order chi connectivity index (χ0) is 8.27. The van der Waals surface area contributed by atoms with Crippen molar-refractivity contribution in [3.05, 3.63) is 29.9 Å². The SMILES string of the molecule is CC(C)=CCc1nccn1C. The maximum atomic E-state index is 4.21. The topological polar surface area (TPSA) is 17.8 Å². The third kappa shape index (κ3) is 2.22. The minimum absolute atomic E-state index is 0.936. The summed E-state index contributed by atoms with van der Waals surface area (Å²) in [5.41, 5.74) is 1.34. The Morgan fingerprint density at radius 1 is 1.64 bits per heavy atom. The molecule has 0 fully saturated rings. The normalized spacial score (nSPS) is 9.73. The van der Waals surface area contributed by atoms with E-state index in [0.717, 1.165) is 12.2 Å². The first-order valence-electron chi connectivity index (χ1n) is 3.79. The fourth-order valence-electron chi connectivity index (χ4n) is 0.889. The molecule has 0 saturated carbocycles. The predicted molar refractivity (Wildman–Crippen MR) is 46.3 cm³/mol. The monoisotopic (exact) mass is 150 g/mol. The Kier molecular flexibility index (Phi) is 2.47. The molecule has 0 radical (unpaired) electrons. The summed E-state index contributed by atoms with van der Waals surface area (Å²) in [6.45, 7) is 4.20. The average molecular weight is 150 g/mol. The number of imidazole rings is 1. The van der Waals surface area contributed by atoms with Crippen LogP contribution in [0.15, 0.2) is 24.0 Å². The van der Waals surface area contributed by atoms with Gasteiger partial charge in [-0.15, -0.1) is 0 Å². The van der Waals surface area contributed by atoms with Gasteiger partial charge >= 0.3 is 0 Å². The van der Waals surface area contributed by atoms with Gasteiger partial charge in [0, 0.05) is 25.9 Å². The molecular formula is C9H14N2. The summed E-state index contributed by atoms with van der Waals surface area (Å²) in [6.07, 6.45) is 6.91. The molecule has 0 amide bonds. The van der Waals surface area contributed by atoms with Gasteiger partial charge in [-0.3, -0.25) is 0 Å². The summed E-state index contributed by atoms with van der Waals surface area (Å²) in [5.74, 6) is 1.12. The van der Waals surface area contributed by atoms with Crippen LogP contribution in [0, 0.1) is 0 Å². The lowest BCUT2D eigenvalue weighted by Gasteiger charge is -1.96. The van der Waals surface area contributed by atoms with E-state index in [1.54, 1.807) is 0 Å². The van der Waals surface area contributed by atoms with E-state index < -0.39 is 0 Å². The molecule has 2 nitrogen and oxygen atoms in total. The quantitative estimate of drug-likeness (QED) is 0.589. The second-order valence-electron chi connectivity index (χ2n) is 2.94. The molecular weight excluding hydrogens is 136 g/mol. The van der Waals surface area contributed by atoms with Crippen LogP contribution >= 0.6 is 0 Å². The Morgan fingerprint density at radius 2 is 2.36 bits per heavy atom. The van der Waals surface area contributed by atoms with Gasteiger partial charge in [0.1, 0.15) is 5.82 Å². The smallest absolute Gasteiger partial charge is 0.112 e. The van der Waals surface area contributed by atoms with Crippen molar-refractivity contribution in [1.82, 2.24) is 9.55 Å². The summed E-state index contributed by atoms with van der Waals surface area (Å²) < 4.78 is 2.04. The standard InChI is InChI=1S/C9H14N2/c1-8(2)4-5-9-10-6-7-11(9)3/h4,6-7H,5H2,1-3H3. The van der Waals surface area contributed by atoms with E-state index in [4.69, 9.17) is 0 Å². The van der Waals surface area contributed by atoms with Crippen LogP contribution in [-0.2, 0) is 13.5 Å².